The Morgan fingerprint density at radius 1 is 1.00 bits per heavy atom. The molecule has 1 aliphatic carbocycles. The molecule has 0 fully saturated rings. The van der Waals surface area contributed by atoms with Crippen LogP contribution < -0.4 is 5.32 Å². The van der Waals surface area contributed by atoms with Gasteiger partial charge in [0.2, 0.25) is 0 Å². The Morgan fingerprint density at radius 3 is 2.23 bits per heavy atom. The van der Waals surface area contributed by atoms with E-state index in [2.05, 4.69) is 25.0 Å². The molecule has 0 saturated heterocycles. The summed E-state index contributed by atoms with van der Waals surface area (Å²) in [6, 6.07) is 0.643. The second-order valence-corrected chi connectivity index (χ2v) is 15.1. The summed E-state index contributed by atoms with van der Waals surface area (Å²) in [5.74, 6) is -0.140. The molecule has 0 aromatic rings. The Labute approximate surface area is 187 Å². The molecule has 1 N–H and O–H groups in total. The van der Waals surface area contributed by atoms with Crippen molar-refractivity contribution in [2.45, 2.75) is 57.1 Å². The van der Waals surface area contributed by atoms with Gasteiger partial charge in [-0.25, -0.2) is 14.4 Å². The number of nitrogens with zero attached hydrogens (tertiary/aromatic N) is 2. The first-order valence-electron chi connectivity index (χ1n) is 10.7. The second-order valence-electron chi connectivity index (χ2n) is 9.49. The predicted octanol–water partition coefficient (Wildman–Crippen LogP) is 3.54. The van der Waals surface area contributed by atoms with Gasteiger partial charge in [-0.15, -0.1) is 0 Å². The highest BCUT2D eigenvalue weighted by Gasteiger charge is 2.28. The van der Waals surface area contributed by atoms with E-state index in [0.29, 0.717) is 25.9 Å². The average Bonchev–Trinajstić information content (AvgIpc) is 2.63. The van der Waals surface area contributed by atoms with Crippen molar-refractivity contribution in [3.63, 3.8) is 0 Å². The number of nitrogens with one attached hydrogen (secondary N) is 1. The molecule has 1 rings (SSSR count). The lowest BCUT2D eigenvalue weighted by atomic mass is 9.89. The maximum atomic E-state index is 12.3. The van der Waals surface area contributed by atoms with Crippen LogP contribution in [0.4, 0.5) is 14.4 Å². The van der Waals surface area contributed by atoms with Crippen LogP contribution in [-0.4, -0.2) is 89.7 Å². The average molecular weight is 458 g/mol. The maximum Gasteiger partial charge on any atom is 0.409 e. The molecule has 3 atom stereocenters. The minimum absolute atomic E-state index is 0.140. The van der Waals surface area contributed by atoms with Crippen LogP contribution in [-0.2, 0) is 14.2 Å². The van der Waals surface area contributed by atoms with Gasteiger partial charge in [0.15, 0.2) is 0 Å². The molecule has 178 valence electrons. The highest BCUT2D eigenvalue weighted by molar-refractivity contribution is 6.76. The summed E-state index contributed by atoms with van der Waals surface area (Å²) in [6.45, 7) is 7.22. The third-order valence-electron chi connectivity index (χ3n) is 4.92. The SMILES string of the molecule is CN(C)C(=O)OC[C@@H]1CC[C@@H](OC(=O)N(C)C)/C=C/C[C@@H]1NC(=O)OCC[Si](C)(C)C. The standard InChI is InChI=1S/C21H39N3O6Si/c1-23(2)20(26)29-15-16-11-12-17(30-21(27)24(3)4)9-8-10-18(16)22-19(25)28-13-14-31(5,6)7/h8-9,16-18H,10-15H2,1-7H3,(H,22,25)/b9-8+/t16-,17-,18-/m0/s1. The van der Waals surface area contributed by atoms with Crippen molar-refractivity contribution >= 4 is 26.4 Å². The number of hydrogen-bond acceptors (Lipinski definition) is 6. The van der Waals surface area contributed by atoms with E-state index in [-0.39, 0.29) is 24.7 Å². The molecule has 0 bridgehead atoms. The number of alkyl carbamates (subject to hydrolysis) is 1. The predicted molar refractivity (Wildman–Crippen MR) is 122 cm³/mol. The minimum Gasteiger partial charge on any atom is -0.450 e. The topological polar surface area (TPSA) is 97.4 Å². The molecule has 0 aromatic heterocycles. The van der Waals surface area contributed by atoms with Crippen LogP contribution in [0.3, 0.4) is 0 Å². The summed E-state index contributed by atoms with van der Waals surface area (Å²) >= 11 is 0. The molecule has 0 radical (unpaired) electrons. The second kappa shape index (κ2) is 12.6. The van der Waals surface area contributed by atoms with Gasteiger partial charge in [-0.05, 0) is 31.4 Å². The van der Waals surface area contributed by atoms with E-state index in [1.165, 1.54) is 9.80 Å². The first-order chi connectivity index (χ1) is 14.4. The fraction of sp³-hybridized carbons (Fsp3) is 0.762. The number of hydrogen-bond donors (Lipinski definition) is 1. The summed E-state index contributed by atoms with van der Waals surface area (Å²) in [7, 11) is 5.20. The monoisotopic (exact) mass is 457 g/mol. The number of amides is 3. The quantitative estimate of drug-likeness (QED) is 0.357. The Bertz CT molecular complexity index is 633. The van der Waals surface area contributed by atoms with Crippen LogP contribution in [0.2, 0.25) is 25.7 Å². The first-order valence-corrected chi connectivity index (χ1v) is 14.4. The molecule has 0 spiro atoms. The van der Waals surface area contributed by atoms with Gasteiger partial charge >= 0.3 is 18.3 Å². The number of carbonyl (C=O) groups is 3. The molecule has 1 aliphatic rings. The summed E-state index contributed by atoms with van der Waals surface area (Å²) < 4.78 is 16.2. The summed E-state index contributed by atoms with van der Waals surface area (Å²) in [5, 5.41) is 2.93. The maximum absolute atomic E-state index is 12.3. The van der Waals surface area contributed by atoms with Crippen LogP contribution in [0.5, 0.6) is 0 Å². The van der Waals surface area contributed by atoms with Gasteiger partial charge in [0.05, 0.1) is 13.2 Å². The minimum atomic E-state index is -1.29. The van der Waals surface area contributed by atoms with Crippen molar-refractivity contribution in [3.8, 4) is 0 Å². The molecular formula is C21H39N3O6Si. The lowest BCUT2D eigenvalue weighted by molar-refractivity contribution is 0.0698. The van der Waals surface area contributed by atoms with Gasteiger partial charge in [-0.2, -0.15) is 0 Å². The Kier molecular flexibility index (Phi) is 10.9. The molecule has 9 nitrogen and oxygen atoms in total. The van der Waals surface area contributed by atoms with Crippen LogP contribution in [0.25, 0.3) is 0 Å². The third kappa shape index (κ3) is 11.1. The fourth-order valence-electron chi connectivity index (χ4n) is 2.90. The Balaban J connectivity index is 2.78. The number of rotatable bonds is 7. The van der Waals surface area contributed by atoms with Gasteiger partial charge in [0, 0.05) is 48.2 Å². The summed E-state index contributed by atoms with van der Waals surface area (Å²) in [5.41, 5.74) is 0. The lowest BCUT2D eigenvalue weighted by Gasteiger charge is -2.30. The normalized spacial score (nSPS) is 22.4. The van der Waals surface area contributed by atoms with Gasteiger partial charge in [0.1, 0.15) is 6.10 Å². The number of carbonyl (C=O) groups excluding carboxylic acids is 3. The molecule has 0 aliphatic heterocycles. The largest absolute Gasteiger partial charge is 0.450 e. The van der Waals surface area contributed by atoms with E-state index in [4.69, 9.17) is 14.2 Å². The van der Waals surface area contributed by atoms with E-state index in [1.54, 1.807) is 28.2 Å². The van der Waals surface area contributed by atoms with E-state index in [1.807, 2.05) is 12.2 Å². The van der Waals surface area contributed by atoms with Crippen molar-refractivity contribution in [3.05, 3.63) is 12.2 Å². The van der Waals surface area contributed by atoms with Crippen molar-refractivity contribution < 1.29 is 28.6 Å². The fourth-order valence-corrected chi connectivity index (χ4v) is 3.62. The zero-order chi connectivity index (χ0) is 23.6. The van der Waals surface area contributed by atoms with E-state index < -0.39 is 26.4 Å². The molecule has 0 aromatic carbocycles. The van der Waals surface area contributed by atoms with Crippen molar-refractivity contribution in [1.82, 2.24) is 15.1 Å². The van der Waals surface area contributed by atoms with Crippen LogP contribution >= 0.6 is 0 Å². The van der Waals surface area contributed by atoms with Crippen molar-refractivity contribution in [2.75, 3.05) is 41.4 Å². The van der Waals surface area contributed by atoms with E-state index >= 15 is 0 Å². The molecule has 0 saturated carbocycles. The number of ether oxygens (including phenoxy) is 3. The lowest BCUT2D eigenvalue weighted by Crippen LogP contribution is -2.44. The Hall–Kier alpha value is -2.23. The molecule has 0 unspecified atom stereocenters. The third-order valence-corrected chi connectivity index (χ3v) is 6.63. The van der Waals surface area contributed by atoms with Gasteiger partial charge in [-0.1, -0.05) is 25.7 Å². The molecule has 0 heterocycles. The molecular weight excluding hydrogens is 418 g/mol. The molecule has 31 heavy (non-hydrogen) atoms. The first kappa shape index (κ1) is 26.8. The molecule has 10 heteroatoms. The van der Waals surface area contributed by atoms with E-state index in [9.17, 15) is 14.4 Å². The Morgan fingerprint density at radius 2 is 1.65 bits per heavy atom. The zero-order valence-corrected chi connectivity index (χ0v) is 21.0. The van der Waals surface area contributed by atoms with Gasteiger partial charge < -0.3 is 29.3 Å². The highest BCUT2D eigenvalue weighted by atomic mass is 28.3. The highest BCUT2D eigenvalue weighted by Crippen LogP contribution is 2.23. The van der Waals surface area contributed by atoms with Gasteiger partial charge in [0.25, 0.3) is 0 Å². The van der Waals surface area contributed by atoms with Crippen molar-refractivity contribution in [2.24, 2.45) is 5.92 Å². The summed E-state index contributed by atoms with van der Waals surface area (Å²) in [6.07, 6.45) is 3.73. The van der Waals surface area contributed by atoms with Gasteiger partial charge in [-0.3, -0.25) is 0 Å². The zero-order valence-electron chi connectivity index (χ0n) is 20.0. The summed E-state index contributed by atoms with van der Waals surface area (Å²) in [4.78, 5) is 38.9. The smallest absolute Gasteiger partial charge is 0.409 e. The van der Waals surface area contributed by atoms with Crippen molar-refractivity contribution in [1.29, 1.82) is 0 Å². The van der Waals surface area contributed by atoms with E-state index in [0.717, 1.165) is 6.04 Å². The van der Waals surface area contributed by atoms with Crippen LogP contribution in [0.1, 0.15) is 19.3 Å². The van der Waals surface area contributed by atoms with Crippen LogP contribution in [0, 0.1) is 5.92 Å². The molecule has 3 amide bonds. The van der Waals surface area contributed by atoms with Crippen LogP contribution in [0.15, 0.2) is 12.2 Å².